The molecule has 2 aliphatic carbocycles. The minimum Gasteiger partial charge on any atom is -0.466 e. The molecule has 7 heteroatoms. The molecule has 0 unspecified atom stereocenters. The standard InChI is InChI=1S/C21H30O7/c1-11(17(23)26-6)13-9-15-19(3,10-14(13)22)8-7-16(20(15,4)25)27-18(24)21(5)12(2)28-21/h12-13,15-16,25H,1,7-10H2,2-6H3/t12-,13-,15+,16-,19+,20-,21-/m1/s1. The Hall–Kier alpha value is -1.73. The zero-order valence-electron chi connectivity index (χ0n) is 17.2. The molecule has 1 saturated heterocycles. The van der Waals surface area contributed by atoms with Crippen molar-refractivity contribution in [2.45, 2.75) is 76.8 Å². The number of aliphatic hydroxyl groups is 1. The summed E-state index contributed by atoms with van der Waals surface area (Å²) in [4.78, 5) is 37.1. The smallest absolute Gasteiger partial charge is 0.341 e. The lowest BCUT2D eigenvalue weighted by Crippen LogP contribution is -2.61. The van der Waals surface area contributed by atoms with Gasteiger partial charge >= 0.3 is 11.9 Å². The van der Waals surface area contributed by atoms with Gasteiger partial charge in [0.2, 0.25) is 0 Å². The first-order valence-electron chi connectivity index (χ1n) is 9.78. The highest BCUT2D eigenvalue weighted by atomic mass is 16.7. The number of Topliss-reactive ketones (excluding diaryl/α,β-unsaturated/α-hetero) is 1. The van der Waals surface area contributed by atoms with Crippen molar-refractivity contribution in [1.29, 1.82) is 0 Å². The molecule has 0 amide bonds. The van der Waals surface area contributed by atoms with Gasteiger partial charge in [-0.2, -0.15) is 0 Å². The third-order valence-corrected chi connectivity index (χ3v) is 7.28. The Labute approximate surface area is 165 Å². The number of hydrogen-bond acceptors (Lipinski definition) is 7. The number of esters is 2. The van der Waals surface area contributed by atoms with Crippen molar-refractivity contribution in [2.24, 2.45) is 17.3 Å². The molecule has 7 nitrogen and oxygen atoms in total. The van der Waals surface area contributed by atoms with Crippen LogP contribution in [-0.2, 0) is 28.6 Å². The molecule has 7 atom stereocenters. The van der Waals surface area contributed by atoms with E-state index < -0.39 is 40.6 Å². The molecule has 0 bridgehead atoms. The van der Waals surface area contributed by atoms with Crippen LogP contribution in [0.1, 0.15) is 53.4 Å². The second-order valence-corrected chi connectivity index (χ2v) is 9.18. The van der Waals surface area contributed by atoms with Crippen molar-refractivity contribution in [3.05, 3.63) is 12.2 Å². The molecule has 0 radical (unpaired) electrons. The fourth-order valence-corrected chi connectivity index (χ4v) is 5.06. The number of epoxide rings is 1. The average molecular weight is 394 g/mol. The van der Waals surface area contributed by atoms with Crippen LogP contribution < -0.4 is 0 Å². The molecule has 3 aliphatic rings. The number of rotatable bonds is 4. The summed E-state index contributed by atoms with van der Waals surface area (Å²) in [6.45, 7) is 10.9. The first kappa shape index (κ1) is 21.0. The Bertz CT molecular complexity index is 726. The summed E-state index contributed by atoms with van der Waals surface area (Å²) in [5.41, 5.74) is -2.62. The van der Waals surface area contributed by atoms with E-state index >= 15 is 0 Å². The fraction of sp³-hybridized carbons (Fsp3) is 0.762. The Morgan fingerprint density at radius 2 is 1.89 bits per heavy atom. The highest BCUT2D eigenvalue weighted by Crippen LogP contribution is 2.56. The highest BCUT2D eigenvalue weighted by molar-refractivity contribution is 5.97. The minimum absolute atomic E-state index is 0.0619. The second-order valence-electron chi connectivity index (χ2n) is 9.18. The summed E-state index contributed by atoms with van der Waals surface area (Å²) in [7, 11) is 1.25. The maximum absolute atomic E-state index is 12.7. The van der Waals surface area contributed by atoms with Crippen LogP contribution in [0.5, 0.6) is 0 Å². The molecule has 28 heavy (non-hydrogen) atoms. The van der Waals surface area contributed by atoms with Crippen LogP contribution in [0.25, 0.3) is 0 Å². The average Bonchev–Trinajstić information content (AvgIpc) is 3.23. The Balaban J connectivity index is 1.81. The van der Waals surface area contributed by atoms with Crippen LogP contribution in [0.4, 0.5) is 0 Å². The van der Waals surface area contributed by atoms with Gasteiger partial charge in [-0.05, 0) is 51.4 Å². The van der Waals surface area contributed by atoms with Gasteiger partial charge in [-0.1, -0.05) is 13.5 Å². The van der Waals surface area contributed by atoms with Gasteiger partial charge in [-0.3, -0.25) is 4.79 Å². The summed E-state index contributed by atoms with van der Waals surface area (Å²) in [5.74, 6) is -2.19. The summed E-state index contributed by atoms with van der Waals surface area (Å²) in [6, 6.07) is 0. The van der Waals surface area contributed by atoms with Crippen LogP contribution in [0.3, 0.4) is 0 Å². The van der Waals surface area contributed by atoms with Crippen molar-refractivity contribution in [3.63, 3.8) is 0 Å². The molecule has 1 N–H and O–H groups in total. The van der Waals surface area contributed by atoms with Crippen molar-refractivity contribution in [2.75, 3.05) is 7.11 Å². The Morgan fingerprint density at radius 1 is 1.29 bits per heavy atom. The summed E-state index contributed by atoms with van der Waals surface area (Å²) in [5, 5.41) is 11.4. The summed E-state index contributed by atoms with van der Waals surface area (Å²) >= 11 is 0. The van der Waals surface area contributed by atoms with E-state index in [1.54, 1.807) is 20.8 Å². The summed E-state index contributed by atoms with van der Waals surface area (Å²) in [6.07, 6.45) is 0.709. The van der Waals surface area contributed by atoms with Crippen LogP contribution >= 0.6 is 0 Å². The van der Waals surface area contributed by atoms with Gasteiger partial charge in [0.15, 0.2) is 5.60 Å². The molecule has 0 aromatic carbocycles. The van der Waals surface area contributed by atoms with E-state index in [9.17, 15) is 19.5 Å². The molecule has 0 spiro atoms. The van der Waals surface area contributed by atoms with E-state index in [0.29, 0.717) is 12.8 Å². The lowest BCUT2D eigenvalue weighted by Gasteiger charge is -2.55. The van der Waals surface area contributed by atoms with Gasteiger partial charge in [0.25, 0.3) is 0 Å². The molecule has 0 aromatic heterocycles. The van der Waals surface area contributed by atoms with Crippen LogP contribution in [-0.4, -0.2) is 53.3 Å². The number of ketones is 1. The molecule has 3 fully saturated rings. The molecule has 0 aromatic rings. The molecule has 2 saturated carbocycles. The number of hydrogen-bond donors (Lipinski definition) is 1. The number of carbonyl (C=O) groups excluding carboxylic acids is 3. The second kappa shape index (κ2) is 6.66. The first-order valence-corrected chi connectivity index (χ1v) is 9.78. The molecule has 1 aliphatic heterocycles. The van der Waals surface area contributed by atoms with E-state index in [0.717, 1.165) is 0 Å². The van der Waals surface area contributed by atoms with Crippen molar-refractivity contribution < 1.29 is 33.7 Å². The zero-order chi connectivity index (χ0) is 21.1. The monoisotopic (exact) mass is 394 g/mol. The SMILES string of the molecule is C=C(C(=O)OC)[C@H]1C[C@H]2[C@@](C)(CC[C@@H](OC(=O)[C@]3(C)O[C@@H]3C)[C@]2(C)O)CC1=O. The molecule has 1 heterocycles. The zero-order valence-corrected chi connectivity index (χ0v) is 17.2. The fourth-order valence-electron chi connectivity index (χ4n) is 5.06. The lowest BCUT2D eigenvalue weighted by molar-refractivity contribution is -0.207. The number of ether oxygens (including phenoxy) is 3. The maximum atomic E-state index is 12.7. The van der Waals surface area contributed by atoms with Crippen LogP contribution in [0.15, 0.2) is 12.2 Å². The van der Waals surface area contributed by atoms with Gasteiger partial charge in [0, 0.05) is 17.9 Å². The predicted octanol–water partition coefficient (Wildman–Crippen LogP) is 1.95. The molecular weight excluding hydrogens is 364 g/mol. The predicted molar refractivity (Wildman–Crippen MR) is 99.2 cm³/mol. The molecule has 3 rings (SSSR count). The van der Waals surface area contributed by atoms with Crippen molar-refractivity contribution >= 4 is 17.7 Å². The maximum Gasteiger partial charge on any atom is 0.341 e. The van der Waals surface area contributed by atoms with E-state index in [1.165, 1.54) is 7.11 Å². The van der Waals surface area contributed by atoms with E-state index in [-0.39, 0.29) is 36.2 Å². The first-order chi connectivity index (χ1) is 12.9. The van der Waals surface area contributed by atoms with Gasteiger partial charge in [0.1, 0.15) is 17.5 Å². The normalized spacial score (nSPS) is 45.0. The lowest BCUT2D eigenvalue weighted by atomic mass is 9.52. The van der Waals surface area contributed by atoms with Crippen LogP contribution in [0, 0.1) is 17.3 Å². The van der Waals surface area contributed by atoms with Crippen LogP contribution in [0.2, 0.25) is 0 Å². The van der Waals surface area contributed by atoms with Gasteiger partial charge in [-0.15, -0.1) is 0 Å². The van der Waals surface area contributed by atoms with Gasteiger partial charge in [0.05, 0.1) is 13.2 Å². The quantitative estimate of drug-likeness (QED) is 0.442. The summed E-state index contributed by atoms with van der Waals surface area (Å²) < 4.78 is 15.7. The van der Waals surface area contributed by atoms with Gasteiger partial charge in [-0.25, -0.2) is 9.59 Å². The Kier molecular flexibility index (Phi) is 4.99. The van der Waals surface area contributed by atoms with E-state index in [4.69, 9.17) is 14.2 Å². The molecule has 156 valence electrons. The number of methoxy groups -OCH3 is 1. The number of fused-ring (bicyclic) bond motifs is 1. The van der Waals surface area contributed by atoms with Crippen molar-refractivity contribution in [3.8, 4) is 0 Å². The minimum atomic E-state index is -1.34. The topological polar surface area (TPSA) is 102 Å². The molecular formula is C21H30O7. The van der Waals surface area contributed by atoms with E-state index in [1.807, 2.05) is 6.92 Å². The number of carbonyl (C=O) groups is 3. The van der Waals surface area contributed by atoms with Gasteiger partial charge < -0.3 is 19.3 Å². The third-order valence-electron chi connectivity index (χ3n) is 7.28. The van der Waals surface area contributed by atoms with E-state index in [2.05, 4.69) is 6.58 Å². The highest BCUT2D eigenvalue weighted by Gasteiger charge is 2.62. The third kappa shape index (κ3) is 3.18. The largest absolute Gasteiger partial charge is 0.466 e. The van der Waals surface area contributed by atoms with Crippen molar-refractivity contribution in [1.82, 2.24) is 0 Å². The Morgan fingerprint density at radius 3 is 2.43 bits per heavy atom.